The minimum Gasteiger partial charge on any atom is -0.377 e. The minimum absolute atomic E-state index is 0.0752. The van der Waals surface area contributed by atoms with Crippen LogP contribution in [-0.4, -0.2) is 55.3 Å². The molecule has 212 valence electrons. The van der Waals surface area contributed by atoms with Crippen LogP contribution in [0, 0.1) is 5.92 Å². The molecular formula is C29H33F6N2O2+. The summed E-state index contributed by atoms with van der Waals surface area (Å²) in [7, 11) is 0. The van der Waals surface area contributed by atoms with Crippen LogP contribution in [0.15, 0.2) is 48.5 Å². The second-order valence-electron chi connectivity index (χ2n) is 11.1. The van der Waals surface area contributed by atoms with Crippen molar-refractivity contribution in [2.75, 3.05) is 32.8 Å². The highest BCUT2D eigenvalue weighted by molar-refractivity contribution is 5.90. The molecule has 0 spiro atoms. The summed E-state index contributed by atoms with van der Waals surface area (Å²) >= 11 is 0. The standard InChI is InChI=1S/C29H33F6N2O2/c30-28(31,32)22-14-21(15-23(16-22)29(33,34)35)27(38)37(12-9-24(10-13-37)39-18-19-6-7-19)26-8-11-36-17-25(26)20-4-2-1-3-5-20/h1-5,14-16,19,24-26,36H,6-13,17-18H2/q+1/t24?,25?,26-,37?/m1/s1. The topological polar surface area (TPSA) is 38.3 Å². The Morgan fingerprint density at radius 3 is 2.05 bits per heavy atom. The molecule has 10 heteroatoms. The van der Waals surface area contributed by atoms with Crippen LogP contribution in [0.3, 0.4) is 0 Å². The van der Waals surface area contributed by atoms with Gasteiger partial charge in [-0.2, -0.15) is 26.3 Å². The van der Waals surface area contributed by atoms with Crippen molar-refractivity contribution in [1.29, 1.82) is 0 Å². The average Bonchev–Trinajstić information content (AvgIpc) is 3.76. The maximum Gasteiger partial charge on any atom is 0.416 e. The molecule has 2 aromatic carbocycles. The molecule has 2 aliphatic heterocycles. The first-order valence-electron chi connectivity index (χ1n) is 13.6. The van der Waals surface area contributed by atoms with Gasteiger partial charge in [-0.3, -0.25) is 4.48 Å². The Hall–Kier alpha value is -2.43. The first-order valence-corrected chi connectivity index (χ1v) is 13.6. The van der Waals surface area contributed by atoms with E-state index in [0.717, 1.165) is 18.4 Å². The molecule has 2 saturated heterocycles. The largest absolute Gasteiger partial charge is 0.416 e. The number of alkyl halides is 6. The average molecular weight is 556 g/mol. The van der Waals surface area contributed by atoms with Gasteiger partial charge in [0.2, 0.25) is 0 Å². The van der Waals surface area contributed by atoms with Gasteiger partial charge in [-0.25, -0.2) is 4.79 Å². The van der Waals surface area contributed by atoms with Crippen LogP contribution >= 0.6 is 0 Å². The number of hydrogen-bond donors (Lipinski definition) is 1. The van der Waals surface area contributed by atoms with Gasteiger partial charge in [-0.15, -0.1) is 0 Å². The van der Waals surface area contributed by atoms with Gasteiger partial charge >= 0.3 is 18.3 Å². The molecule has 4 nitrogen and oxygen atoms in total. The molecule has 0 aromatic heterocycles. The summed E-state index contributed by atoms with van der Waals surface area (Å²) in [5, 5.41) is 3.36. The highest BCUT2D eigenvalue weighted by atomic mass is 19.4. The molecule has 2 heterocycles. The van der Waals surface area contributed by atoms with E-state index in [-0.39, 0.29) is 28.6 Å². The highest BCUT2D eigenvalue weighted by Crippen LogP contribution is 2.41. The van der Waals surface area contributed by atoms with E-state index in [4.69, 9.17) is 4.74 Å². The van der Waals surface area contributed by atoms with Gasteiger partial charge in [0.05, 0.1) is 35.9 Å². The fourth-order valence-electron chi connectivity index (χ4n) is 6.23. The Balaban J connectivity index is 1.54. The van der Waals surface area contributed by atoms with Crippen molar-refractivity contribution in [1.82, 2.24) is 5.32 Å². The van der Waals surface area contributed by atoms with E-state index in [1.165, 1.54) is 0 Å². The third kappa shape index (κ3) is 6.18. The molecule has 39 heavy (non-hydrogen) atoms. The maximum absolute atomic E-state index is 14.3. The van der Waals surface area contributed by atoms with Crippen molar-refractivity contribution in [2.24, 2.45) is 5.92 Å². The predicted octanol–water partition coefficient (Wildman–Crippen LogP) is 6.42. The van der Waals surface area contributed by atoms with E-state index in [0.29, 0.717) is 70.1 Å². The van der Waals surface area contributed by atoms with E-state index in [2.05, 4.69) is 5.32 Å². The summed E-state index contributed by atoms with van der Waals surface area (Å²) in [6.07, 6.45) is -6.23. The SMILES string of the molecule is O=C(c1cc(C(F)(F)F)cc(C(F)(F)F)c1)[N+]1([C@@H]2CCNCC2c2ccccc2)CCC(OCC2CC2)CC1. The lowest BCUT2D eigenvalue weighted by Crippen LogP contribution is -2.67. The molecule has 1 unspecified atom stereocenters. The Morgan fingerprint density at radius 1 is 0.872 bits per heavy atom. The van der Waals surface area contributed by atoms with E-state index >= 15 is 0 Å². The predicted molar refractivity (Wildman–Crippen MR) is 133 cm³/mol. The molecule has 3 aliphatic rings. The van der Waals surface area contributed by atoms with Gasteiger partial charge in [0.15, 0.2) is 0 Å². The van der Waals surface area contributed by atoms with E-state index < -0.39 is 35.0 Å². The molecular weight excluding hydrogens is 522 g/mol. The van der Waals surface area contributed by atoms with Crippen molar-refractivity contribution in [3.05, 3.63) is 70.8 Å². The van der Waals surface area contributed by atoms with Crippen molar-refractivity contribution >= 4 is 5.91 Å². The van der Waals surface area contributed by atoms with Crippen LogP contribution in [0.25, 0.3) is 0 Å². The number of carbonyl (C=O) groups excluding carboxylic acids is 1. The molecule has 1 aliphatic carbocycles. The number of nitrogens with one attached hydrogen (secondary N) is 1. The lowest BCUT2D eigenvalue weighted by atomic mass is 9.82. The highest BCUT2D eigenvalue weighted by Gasteiger charge is 2.52. The van der Waals surface area contributed by atoms with Crippen molar-refractivity contribution in [3.8, 4) is 0 Å². The van der Waals surface area contributed by atoms with Crippen molar-refractivity contribution < 1.29 is 40.4 Å². The number of hydrogen-bond acceptors (Lipinski definition) is 3. The fourth-order valence-corrected chi connectivity index (χ4v) is 6.23. The summed E-state index contributed by atoms with van der Waals surface area (Å²) in [5.74, 6) is -0.244. The van der Waals surface area contributed by atoms with E-state index in [9.17, 15) is 31.1 Å². The normalized spacial score (nSPS) is 28.3. The molecule has 5 rings (SSSR count). The summed E-state index contributed by atoms with van der Waals surface area (Å²) in [6.45, 7) is 2.44. The number of quaternary nitrogens is 1. The quantitative estimate of drug-likeness (QED) is 0.331. The minimum atomic E-state index is -5.02. The lowest BCUT2D eigenvalue weighted by Gasteiger charge is -2.50. The van der Waals surface area contributed by atoms with E-state index in [1.54, 1.807) is 0 Å². The van der Waals surface area contributed by atoms with Gasteiger partial charge in [0, 0.05) is 44.9 Å². The van der Waals surface area contributed by atoms with Crippen LogP contribution in [0.1, 0.15) is 65.1 Å². The van der Waals surface area contributed by atoms with Crippen LogP contribution < -0.4 is 5.32 Å². The Labute approximate surface area is 223 Å². The number of likely N-dealkylation sites (tertiary alicyclic amines) is 1. The summed E-state index contributed by atoms with van der Waals surface area (Å²) in [5.41, 5.74) is -2.48. The Morgan fingerprint density at radius 2 is 1.49 bits per heavy atom. The molecule has 1 N–H and O–H groups in total. The molecule has 2 aromatic rings. The number of rotatable bonds is 6. The lowest BCUT2D eigenvalue weighted by molar-refractivity contribution is -0.883. The Kier molecular flexibility index (Phi) is 7.83. The summed E-state index contributed by atoms with van der Waals surface area (Å²) < 4.78 is 87.9. The molecule has 0 bridgehead atoms. The zero-order valence-electron chi connectivity index (χ0n) is 21.5. The molecule has 3 fully saturated rings. The fraction of sp³-hybridized carbons (Fsp3) is 0.552. The first kappa shape index (κ1) is 28.1. The molecule has 0 radical (unpaired) electrons. The Bertz CT molecular complexity index is 1120. The number of carbonyl (C=O) groups is 1. The number of piperidine rings is 2. The number of benzene rings is 2. The van der Waals surface area contributed by atoms with Crippen molar-refractivity contribution in [2.45, 2.75) is 62.5 Å². The van der Waals surface area contributed by atoms with Gasteiger partial charge < -0.3 is 10.1 Å². The smallest absolute Gasteiger partial charge is 0.377 e. The number of halogens is 6. The zero-order chi connectivity index (χ0) is 27.8. The van der Waals surface area contributed by atoms with Crippen LogP contribution in [0.2, 0.25) is 0 Å². The van der Waals surface area contributed by atoms with Gasteiger partial charge in [0.25, 0.3) is 0 Å². The van der Waals surface area contributed by atoms with Crippen molar-refractivity contribution in [3.63, 3.8) is 0 Å². The molecule has 1 amide bonds. The number of amides is 1. The van der Waals surface area contributed by atoms with Gasteiger partial charge in [0.1, 0.15) is 6.04 Å². The number of ether oxygens (including phenoxy) is 1. The second kappa shape index (κ2) is 10.9. The molecule has 2 atom stereocenters. The first-order chi connectivity index (χ1) is 18.5. The summed E-state index contributed by atoms with van der Waals surface area (Å²) in [6, 6.07) is 10.6. The maximum atomic E-state index is 14.3. The molecule has 1 saturated carbocycles. The van der Waals surface area contributed by atoms with Crippen LogP contribution in [0.5, 0.6) is 0 Å². The summed E-state index contributed by atoms with van der Waals surface area (Å²) in [4.78, 5) is 14.3. The zero-order valence-corrected chi connectivity index (χ0v) is 21.5. The van der Waals surface area contributed by atoms with Gasteiger partial charge in [-0.05, 0) is 42.5 Å². The third-order valence-corrected chi connectivity index (χ3v) is 8.51. The second-order valence-corrected chi connectivity index (χ2v) is 11.1. The van der Waals surface area contributed by atoms with Crippen LogP contribution in [0.4, 0.5) is 26.3 Å². The van der Waals surface area contributed by atoms with Crippen LogP contribution in [-0.2, 0) is 17.1 Å². The van der Waals surface area contributed by atoms with E-state index in [1.807, 2.05) is 30.3 Å². The third-order valence-electron chi connectivity index (χ3n) is 8.51. The monoisotopic (exact) mass is 555 g/mol. The van der Waals surface area contributed by atoms with Gasteiger partial charge in [-0.1, -0.05) is 30.3 Å². The number of nitrogens with zero attached hydrogens (tertiary/aromatic N) is 1.